The van der Waals surface area contributed by atoms with Crippen LogP contribution in [0.2, 0.25) is 0 Å². The van der Waals surface area contributed by atoms with Crippen LogP contribution in [-0.2, 0) is 0 Å². The molecule has 210 valence electrons. The van der Waals surface area contributed by atoms with E-state index in [0.29, 0.717) is 0 Å². The Morgan fingerprint density at radius 3 is 2.22 bits per heavy atom. The first kappa shape index (κ1) is 32.6. The van der Waals surface area contributed by atoms with Crippen molar-refractivity contribution in [2.75, 3.05) is 0 Å². The van der Waals surface area contributed by atoms with Crippen LogP contribution in [0.3, 0.4) is 0 Å². The number of hydrogen-bond donors (Lipinski definition) is 0. The van der Waals surface area contributed by atoms with Gasteiger partial charge in [-0.05, 0) is 73.2 Å². The molecule has 0 bridgehead atoms. The average molecular weight is 540 g/mol. The largest absolute Gasteiger partial charge is 0.324 e. The molecule has 0 aliphatic heterocycles. The van der Waals surface area contributed by atoms with Crippen molar-refractivity contribution < 1.29 is 0 Å². The van der Waals surface area contributed by atoms with E-state index in [-0.39, 0.29) is 5.92 Å². The van der Waals surface area contributed by atoms with E-state index in [1.807, 2.05) is 78.9 Å². The SMILES string of the molecule is C=CC/C=C\C=C/N(\C=C/C=C\C=C/c1cccc(C)c1C(C)/C(=C\C=C/C)c1ccccc1)C(=C)/C=C\C=C/C. The van der Waals surface area contributed by atoms with Crippen molar-refractivity contribution in [1.29, 1.82) is 0 Å². The average Bonchev–Trinajstić information content (AvgIpc) is 2.98. The molecule has 0 aliphatic rings. The molecule has 2 rings (SSSR count). The molecule has 0 fully saturated rings. The molecule has 2 aromatic rings. The lowest BCUT2D eigenvalue weighted by atomic mass is 9.83. The fourth-order valence-corrected chi connectivity index (χ4v) is 4.35. The van der Waals surface area contributed by atoms with Crippen molar-refractivity contribution in [3.63, 3.8) is 0 Å². The van der Waals surface area contributed by atoms with Crippen LogP contribution in [-0.4, -0.2) is 4.90 Å². The van der Waals surface area contributed by atoms with Crippen LogP contribution in [0.15, 0.2) is 171 Å². The van der Waals surface area contributed by atoms with Gasteiger partial charge in [0.2, 0.25) is 0 Å². The topological polar surface area (TPSA) is 3.24 Å². The van der Waals surface area contributed by atoms with E-state index in [1.165, 1.54) is 27.8 Å². The number of rotatable bonds is 15. The highest BCUT2D eigenvalue weighted by Gasteiger charge is 2.17. The van der Waals surface area contributed by atoms with Crippen LogP contribution < -0.4 is 0 Å². The molecule has 0 amide bonds. The highest BCUT2D eigenvalue weighted by atomic mass is 15.1. The summed E-state index contributed by atoms with van der Waals surface area (Å²) in [7, 11) is 0. The van der Waals surface area contributed by atoms with E-state index in [9.17, 15) is 0 Å². The first-order valence-corrected chi connectivity index (χ1v) is 14.2. The van der Waals surface area contributed by atoms with Crippen molar-refractivity contribution in [3.05, 3.63) is 193 Å². The number of allylic oxidation sites excluding steroid dienone is 16. The van der Waals surface area contributed by atoms with E-state index in [4.69, 9.17) is 0 Å². The van der Waals surface area contributed by atoms with Gasteiger partial charge in [-0.25, -0.2) is 0 Å². The molecule has 0 heterocycles. The van der Waals surface area contributed by atoms with Gasteiger partial charge < -0.3 is 4.90 Å². The predicted octanol–water partition coefficient (Wildman–Crippen LogP) is 11.4. The van der Waals surface area contributed by atoms with Crippen LogP contribution in [0.1, 0.15) is 55.4 Å². The van der Waals surface area contributed by atoms with Crippen molar-refractivity contribution >= 4 is 11.6 Å². The van der Waals surface area contributed by atoms with Crippen molar-refractivity contribution in [1.82, 2.24) is 4.90 Å². The van der Waals surface area contributed by atoms with Gasteiger partial charge in [-0.2, -0.15) is 0 Å². The first-order chi connectivity index (χ1) is 20.0. The van der Waals surface area contributed by atoms with Crippen molar-refractivity contribution in [2.24, 2.45) is 0 Å². The Morgan fingerprint density at radius 1 is 0.805 bits per heavy atom. The van der Waals surface area contributed by atoms with Crippen LogP contribution in [0.5, 0.6) is 0 Å². The Morgan fingerprint density at radius 2 is 1.51 bits per heavy atom. The molecule has 0 aromatic heterocycles. The maximum Gasteiger partial charge on any atom is 0.0377 e. The van der Waals surface area contributed by atoms with Gasteiger partial charge in [-0.15, -0.1) is 6.58 Å². The van der Waals surface area contributed by atoms with Crippen molar-refractivity contribution in [2.45, 2.75) is 40.0 Å². The normalized spacial score (nSPS) is 13.9. The molecule has 1 unspecified atom stereocenters. The van der Waals surface area contributed by atoms with Gasteiger partial charge in [0, 0.05) is 24.0 Å². The second-order valence-electron chi connectivity index (χ2n) is 9.48. The smallest absolute Gasteiger partial charge is 0.0377 e. The van der Waals surface area contributed by atoms with E-state index >= 15 is 0 Å². The molecule has 1 heteroatoms. The monoisotopic (exact) mass is 539 g/mol. The highest BCUT2D eigenvalue weighted by Crippen LogP contribution is 2.36. The summed E-state index contributed by atoms with van der Waals surface area (Å²) >= 11 is 0. The molecule has 1 atom stereocenters. The summed E-state index contributed by atoms with van der Waals surface area (Å²) in [6.45, 7) is 16.5. The van der Waals surface area contributed by atoms with Gasteiger partial charge >= 0.3 is 0 Å². The standard InChI is InChI=1S/C40H45N/c1-7-10-13-15-22-32-41(35(5)26-18-11-8-2)33-23-16-14-19-29-38-30-24-25-34(4)40(38)36(6)39(31-12-9-3)37-27-20-17-21-28-37/h7-9,11-33,36H,1,5,10H2,2-4,6H3/b11-8-,12-9-,15-13-,16-14-,26-18-,29-19-,32-22-,33-23-,39-31+. The van der Waals surface area contributed by atoms with Gasteiger partial charge in [0.05, 0.1) is 0 Å². The third kappa shape index (κ3) is 11.6. The minimum Gasteiger partial charge on any atom is -0.324 e. The van der Waals surface area contributed by atoms with Crippen LogP contribution in [0.25, 0.3) is 11.6 Å². The van der Waals surface area contributed by atoms with Gasteiger partial charge in [-0.3, -0.25) is 0 Å². The zero-order valence-corrected chi connectivity index (χ0v) is 25.2. The zero-order valence-electron chi connectivity index (χ0n) is 25.2. The Hall–Kier alpha value is -4.62. The predicted molar refractivity (Wildman–Crippen MR) is 184 cm³/mol. The minimum absolute atomic E-state index is 0.237. The van der Waals surface area contributed by atoms with Crippen molar-refractivity contribution in [3.8, 4) is 0 Å². The lowest BCUT2D eigenvalue weighted by Gasteiger charge is -2.21. The summed E-state index contributed by atoms with van der Waals surface area (Å²) in [6, 6.07) is 17.2. The Balaban J connectivity index is 2.26. The molecule has 0 saturated heterocycles. The molecule has 0 aliphatic carbocycles. The molecule has 0 saturated carbocycles. The maximum atomic E-state index is 4.20. The van der Waals surface area contributed by atoms with Crippen LogP contribution >= 0.6 is 0 Å². The van der Waals surface area contributed by atoms with E-state index in [0.717, 1.165) is 12.1 Å². The molecule has 41 heavy (non-hydrogen) atoms. The quantitative estimate of drug-likeness (QED) is 0.161. The molecular weight excluding hydrogens is 494 g/mol. The van der Waals surface area contributed by atoms with E-state index < -0.39 is 0 Å². The number of hydrogen-bond acceptors (Lipinski definition) is 1. The summed E-state index contributed by atoms with van der Waals surface area (Å²) in [4.78, 5) is 1.99. The molecule has 0 radical (unpaired) electrons. The summed E-state index contributed by atoms with van der Waals surface area (Å²) < 4.78 is 0. The third-order valence-electron chi connectivity index (χ3n) is 6.41. The summed E-state index contributed by atoms with van der Waals surface area (Å²) in [5.74, 6) is 0.237. The van der Waals surface area contributed by atoms with E-state index in [2.05, 4.69) is 125 Å². The lowest BCUT2D eigenvalue weighted by molar-refractivity contribution is 0.654. The van der Waals surface area contributed by atoms with Gasteiger partial charge in [0.25, 0.3) is 0 Å². The summed E-state index contributed by atoms with van der Waals surface area (Å²) in [6.07, 6.45) is 37.6. The Labute approximate surface area is 249 Å². The minimum atomic E-state index is 0.237. The second kappa shape index (κ2) is 19.4. The number of benzene rings is 2. The van der Waals surface area contributed by atoms with Gasteiger partial charge in [-0.1, -0.05) is 141 Å². The number of nitrogens with zero attached hydrogens (tertiary/aromatic N) is 1. The van der Waals surface area contributed by atoms with Crippen LogP contribution in [0, 0.1) is 6.92 Å². The van der Waals surface area contributed by atoms with E-state index in [1.54, 1.807) is 0 Å². The third-order valence-corrected chi connectivity index (χ3v) is 6.41. The molecule has 0 spiro atoms. The Bertz CT molecular complexity index is 1370. The number of aryl methyl sites for hydroxylation is 1. The fourth-order valence-electron chi connectivity index (χ4n) is 4.35. The summed E-state index contributed by atoms with van der Waals surface area (Å²) in [5.41, 5.74) is 7.29. The highest BCUT2D eigenvalue weighted by molar-refractivity contribution is 5.75. The fraction of sp³-hybridized carbons (Fsp3) is 0.150. The lowest BCUT2D eigenvalue weighted by Crippen LogP contribution is -2.05. The molecule has 2 aromatic carbocycles. The molecular formula is C40H45N. The Kier molecular flexibility index (Phi) is 15.5. The van der Waals surface area contributed by atoms with Gasteiger partial charge in [0.1, 0.15) is 0 Å². The second-order valence-corrected chi connectivity index (χ2v) is 9.48. The van der Waals surface area contributed by atoms with Gasteiger partial charge in [0.15, 0.2) is 0 Å². The maximum absolute atomic E-state index is 4.20. The molecule has 1 nitrogen and oxygen atoms in total. The zero-order chi connectivity index (χ0) is 29.7. The summed E-state index contributed by atoms with van der Waals surface area (Å²) in [5, 5.41) is 0. The van der Waals surface area contributed by atoms with Crippen LogP contribution in [0.4, 0.5) is 0 Å². The first-order valence-electron chi connectivity index (χ1n) is 14.2. The molecule has 0 N–H and O–H groups in total.